The third kappa shape index (κ3) is 3.98. The Morgan fingerprint density at radius 1 is 1.22 bits per heavy atom. The van der Waals surface area contributed by atoms with E-state index >= 15 is 0 Å². The van der Waals surface area contributed by atoms with E-state index in [0.717, 1.165) is 51.9 Å². The molecule has 1 atom stereocenters. The van der Waals surface area contributed by atoms with Gasteiger partial charge in [0.05, 0.1) is 6.54 Å². The summed E-state index contributed by atoms with van der Waals surface area (Å²) in [6.07, 6.45) is 4.98. The number of hydrogen-bond donors (Lipinski definition) is 2. The Labute approximate surface area is 108 Å². The number of nitrogens with one attached hydrogen (secondary N) is 2. The number of piperidine rings is 1. The summed E-state index contributed by atoms with van der Waals surface area (Å²) in [4.78, 5) is 25.3. The summed E-state index contributed by atoms with van der Waals surface area (Å²) in [5.74, 6) is 0.500. The average molecular weight is 253 g/mol. The van der Waals surface area contributed by atoms with Gasteiger partial charge in [0.2, 0.25) is 11.8 Å². The second-order valence-electron chi connectivity index (χ2n) is 5.28. The lowest BCUT2D eigenvalue weighted by atomic mass is 9.96. The van der Waals surface area contributed by atoms with Crippen molar-refractivity contribution in [1.29, 1.82) is 0 Å². The van der Waals surface area contributed by atoms with Gasteiger partial charge in [-0.15, -0.1) is 0 Å². The Balaban J connectivity index is 1.63. The molecule has 0 saturated carbocycles. The second-order valence-corrected chi connectivity index (χ2v) is 5.28. The smallest absolute Gasteiger partial charge is 0.241 e. The minimum Gasteiger partial charge on any atom is -0.347 e. The van der Waals surface area contributed by atoms with Crippen molar-refractivity contribution in [3.63, 3.8) is 0 Å². The predicted octanol–water partition coefficient (Wildman–Crippen LogP) is 0.115. The van der Waals surface area contributed by atoms with Gasteiger partial charge in [-0.1, -0.05) is 0 Å². The van der Waals surface area contributed by atoms with Gasteiger partial charge in [-0.05, 0) is 44.7 Å². The number of amides is 2. The van der Waals surface area contributed by atoms with Crippen LogP contribution in [0.4, 0.5) is 0 Å². The second kappa shape index (κ2) is 6.73. The van der Waals surface area contributed by atoms with Crippen molar-refractivity contribution < 1.29 is 9.59 Å². The molecule has 1 unspecified atom stereocenters. The van der Waals surface area contributed by atoms with Crippen LogP contribution < -0.4 is 10.6 Å². The van der Waals surface area contributed by atoms with Gasteiger partial charge in [0.25, 0.3) is 0 Å². The molecule has 5 heteroatoms. The SMILES string of the molecule is O=C(CC1CCCNC1)NCC(=O)N1CCCC1. The third-order valence-electron chi connectivity index (χ3n) is 3.77. The van der Waals surface area contributed by atoms with E-state index in [1.165, 1.54) is 0 Å². The summed E-state index contributed by atoms with van der Waals surface area (Å²) in [6, 6.07) is 0. The average Bonchev–Trinajstić information content (AvgIpc) is 2.91. The van der Waals surface area contributed by atoms with Gasteiger partial charge in [-0.25, -0.2) is 0 Å². The summed E-state index contributed by atoms with van der Waals surface area (Å²) in [5, 5.41) is 6.04. The van der Waals surface area contributed by atoms with Crippen molar-refractivity contribution in [2.24, 2.45) is 5.92 Å². The molecule has 5 nitrogen and oxygen atoms in total. The fourth-order valence-electron chi connectivity index (χ4n) is 2.69. The van der Waals surface area contributed by atoms with Crippen LogP contribution in [0.15, 0.2) is 0 Å². The molecule has 0 aliphatic carbocycles. The van der Waals surface area contributed by atoms with E-state index < -0.39 is 0 Å². The lowest BCUT2D eigenvalue weighted by Crippen LogP contribution is -2.40. The highest BCUT2D eigenvalue weighted by Gasteiger charge is 2.20. The molecule has 2 fully saturated rings. The van der Waals surface area contributed by atoms with Crippen molar-refractivity contribution in [3.8, 4) is 0 Å². The maximum absolute atomic E-state index is 11.7. The van der Waals surface area contributed by atoms with Crippen molar-refractivity contribution in [3.05, 3.63) is 0 Å². The van der Waals surface area contributed by atoms with Crippen LogP contribution in [0.1, 0.15) is 32.1 Å². The van der Waals surface area contributed by atoms with Crippen LogP contribution in [-0.2, 0) is 9.59 Å². The van der Waals surface area contributed by atoms with Gasteiger partial charge in [-0.3, -0.25) is 9.59 Å². The molecule has 0 aromatic heterocycles. The number of hydrogen-bond acceptors (Lipinski definition) is 3. The first kappa shape index (κ1) is 13.3. The topological polar surface area (TPSA) is 61.4 Å². The van der Waals surface area contributed by atoms with Crippen LogP contribution in [0.2, 0.25) is 0 Å². The molecule has 0 aromatic rings. The zero-order chi connectivity index (χ0) is 12.8. The first-order valence-corrected chi connectivity index (χ1v) is 7.01. The molecule has 0 radical (unpaired) electrons. The summed E-state index contributed by atoms with van der Waals surface area (Å²) in [7, 11) is 0. The molecule has 102 valence electrons. The number of likely N-dealkylation sites (tertiary alicyclic amines) is 1. The van der Waals surface area contributed by atoms with Crippen LogP contribution in [-0.4, -0.2) is 49.4 Å². The van der Waals surface area contributed by atoms with Crippen molar-refractivity contribution in [1.82, 2.24) is 15.5 Å². The standard InChI is InChI=1S/C13H23N3O2/c17-12(8-11-4-3-5-14-9-11)15-10-13(18)16-6-1-2-7-16/h11,14H,1-10H2,(H,15,17). The van der Waals surface area contributed by atoms with Gasteiger partial charge in [0, 0.05) is 19.5 Å². The maximum atomic E-state index is 11.7. The molecule has 2 saturated heterocycles. The minimum atomic E-state index is 0.0104. The van der Waals surface area contributed by atoms with E-state index in [-0.39, 0.29) is 18.4 Å². The zero-order valence-electron chi connectivity index (χ0n) is 10.9. The van der Waals surface area contributed by atoms with E-state index in [0.29, 0.717) is 12.3 Å². The number of carbonyl (C=O) groups excluding carboxylic acids is 2. The van der Waals surface area contributed by atoms with Crippen LogP contribution in [0.3, 0.4) is 0 Å². The molecule has 2 N–H and O–H groups in total. The maximum Gasteiger partial charge on any atom is 0.241 e. The highest BCUT2D eigenvalue weighted by atomic mass is 16.2. The highest BCUT2D eigenvalue weighted by Crippen LogP contribution is 2.13. The molecular formula is C13H23N3O2. The first-order chi connectivity index (χ1) is 8.75. The van der Waals surface area contributed by atoms with Crippen LogP contribution in [0, 0.1) is 5.92 Å². The Kier molecular flexibility index (Phi) is 4.99. The monoisotopic (exact) mass is 253 g/mol. The summed E-state index contributed by atoms with van der Waals surface area (Å²) in [6.45, 7) is 3.85. The summed E-state index contributed by atoms with van der Waals surface area (Å²) >= 11 is 0. The third-order valence-corrected chi connectivity index (χ3v) is 3.77. The van der Waals surface area contributed by atoms with E-state index in [4.69, 9.17) is 0 Å². The molecule has 2 amide bonds. The lowest BCUT2D eigenvalue weighted by Gasteiger charge is -2.22. The first-order valence-electron chi connectivity index (χ1n) is 7.01. The summed E-state index contributed by atoms with van der Waals surface area (Å²) in [5.41, 5.74) is 0. The van der Waals surface area contributed by atoms with Crippen molar-refractivity contribution in [2.45, 2.75) is 32.1 Å². The number of nitrogens with zero attached hydrogens (tertiary/aromatic N) is 1. The van der Waals surface area contributed by atoms with Crippen LogP contribution in [0.25, 0.3) is 0 Å². The molecule has 0 aromatic carbocycles. The Bertz CT molecular complexity index is 295. The van der Waals surface area contributed by atoms with Gasteiger partial charge in [-0.2, -0.15) is 0 Å². The van der Waals surface area contributed by atoms with Crippen LogP contribution in [0.5, 0.6) is 0 Å². The molecule has 0 spiro atoms. The Morgan fingerprint density at radius 3 is 2.67 bits per heavy atom. The summed E-state index contributed by atoms with van der Waals surface area (Å²) < 4.78 is 0. The van der Waals surface area contributed by atoms with Gasteiger partial charge in [0.1, 0.15) is 0 Å². The highest BCUT2D eigenvalue weighted by molar-refractivity contribution is 5.84. The van der Waals surface area contributed by atoms with Gasteiger partial charge in [0.15, 0.2) is 0 Å². The lowest BCUT2D eigenvalue weighted by molar-refractivity contribution is -0.132. The molecule has 2 heterocycles. The molecule has 18 heavy (non-hydrogen) atoms. The fraction of sp³-hybridized carbons (Fsp3) is 0.846. The number of rotatable bonds is 4. The quantitative estimate of drug-likeness (QED) is 0.748. The van der Waals surface area contributed by atoms with E-state index in [1.54, 1.807) is 0 Å². The largest absolute Gasteiger partial charge is 0.347 e. The molecular weight excluding hydrogens is 230 g/mol. The number of carbonyl (C=O) groups is 2. The van der Waals surface area contributed by atoms with E-state index in [9.17, 15) is 9.59 Å². The minimum absolute atomic E-state index is 0.0104. The Hall–Kier alpha value is -1.10. The molecule has 2 rings (SSSR count). The van der Waals surface area contributed by atoms with Crippen molar-refractivity contribution in [2.75, 3.05) is 32.7 Å². The Morgan fingerprint density at radius 2 is 2.00 bits per heavy atom. The molecule has 2 aliphatic rings. The van der Waals surface area contributed by atoms with Gasteiger partial charge < -0.3 is 15.5 Å². The van der Waals surface area contributed by atoms with Gasteiger partial charge >= 0.3 is 0 Å². The zero-order valence-corrected chi connectivity index (χ0v) is 10.9. The fourth-order valence-corrected chi connectivity index (χ4v) is 2.69. The van der Waals surface area contributed by atoms with Crippen LogP contribution >= 0.6 is 0 Å². The van der Waals surface area contributed by atoms with E-state index in [2.05, 4.69) is 10.6 Å². The van der Waals surface area contributed by atoms with E-state index in [1.807, 2.05) is 4.90 Å². The molecule has 0 bridgehead atoms. The molecule has 2 aliphatic heterocycles. The predicted molar refractivity (Wildman–Crippen MR) is 69.0 cm³/mol. The normalized spacial score (nSPS) is 24.0. The van der Waals surface area contributed by atoms with Crippen molar-refractivity contribution >= 4 is 11.8 Å².